The maximum Gasteiger partial charge on any atom is 0.414 e. The van der Waals surface area contributed by atoms with Crippen molar-refractivity contribution < 1.29 is 29.0 Å². The monoisotopic (exact) mass is 460 g/mol. The number of hydrogen-bond donors (Lipinski definition) is 5. The van der Waals surface area contributed by atoms with Crippen molar-refractivity contribution in [2.24, 2.45) is 5.92 Å². The summed E-state index contributed by atoms with van der Waals surface area (Å²) in [5.74, 6) is -4.27. The highest BCUT2D eigenvalue weighted by atomic mass is 35.5. The number of carbonyl (C=O) groups is 4. The predicted octanol–water partition coefficient (Wildman–Crippen LogP) is 1.58. The summed E-state index contributed by atoms with van der Waals surface area (Å²) in [5.41, 5.74) is 0.359. The molecule has 0 aliphatic carbocycles. The van der Waals surface area contributed by atoms with Gasteiger partial charge in [0.2, 0.25) is 11.9 Å². The quantitative estimate of drug-likeness (QED) is 0.276. The number of carboxylic acid groups (broad SMARTS) is 1. The molecule has 0 fully saturated rings. The average Bonchev–Trinajstić information content (AvgIpc) is 2.62. The highest BCUT2D eigenvalue weighted by Gasteiger charge is 2.30. The third-order valence-corrected chi connectivity index (χ3v) is 4.60. The van der Waals surface area contributed by atoms with E-state index in [9.17, 15) is 24.3 Å². The largest absolute Gasteiger partial charge is 0.481 e. The van der Waals surface area contributed by atoms with Crippen molar-refractivity contribution in [2.45, 2.75) is 25.9 Å². The summed E-state index contributed by atoms with van der Waals surface area (Å²) >= 11 is 12.0. The van der Waals surface area contributed by atoms with Gasteiger partial charge in [0.05, 0.1) is 13.0 Å². The zero-order valence-electron chi connectivity index (χ0n) is 16.3. The zero-order valence-corrected chi connectivity index (χ0v) is 17.8. The summed E-state index contributed by atoms with van der Waals surface area (Å²) in [7, 11) is 1.54. The number of ether oxygens (including phenoxy) is 1. The number of halogens is 2. The first-order valence-corrected chi connectivity index (χ1v) is 9.48. The molecule has 0 saturated carbocycles. The molecule has 0 bridgehead atoms. The van der Waals surface area contributed by atoms with Crippen LogP contribution in [0.2, 0.25) is 10.0 Å². The lowest BCUT2D eigenvalue weighted by atomic mass is 9.97. The van der Waals surface area contributed by atoms with E-state index < -0.39 is 36.0 Å². The Morgan fingerprint density at radius 1 is 1.17 bits per heavy atom. The molecule has 10 nitrogen and oxygen atoms in total. The molecule has 0 aliphatic rings. The first kappa shape index (κ1) is 25.3. The summed E-state index contributed by atoms with van der Waals surface area (Å²) in [6, 6.07) is 4.72. The van der Waals surface area contributed by atoms with E-state index in [1.165, 1.54) is 6.92 Å². The molecule has 0 aliphatic heterocycles. The SMILES string of the molecule is CNCC(=O)C[C@H](C(=O)O)[C@@H](C)OC(=O)NC(=N)NC(=O)Cc1c(Cl)cccc1Cl. The highest BCUT2D eigenvalue weighted by molar-refractivity contribution is 6.36. The minimum Gasteiger partial charge on any atom is -0.481 e. The Kier molecular flexibility index (Phi) is 10.2. The van der Waals surface area contributed by atoms with Gasteiger partial charge in [0.15, 0.2) is 0 Å². The van der Waals surface area contributed by atoms with E-state index in [1.807, 2.05) is 5.32 Å². The Bertz CT molecular complexity index is 813. The maximum atomic E-state index is 12.0. The highest BCUT2D eigenvalue weighted by Crippen LogP contribution is 2.24. The summed E-state index contributed by atoms with van der Waals surface area (Å²) in [6.45, 7) is 1.29. The molecule has 30 heavy (non-hydrogen) atoms. The second-order valence-electron chi connectivity index (χ2n) is 6.25. The fourth-order valence-electron chi connectivity index (χ4n) is 2.43. The Morgan fingerprint density at radius 3 is 2.30 bits per heavy atom. The molecule has 2 amide bonds. The number of carbonyl (C=O) groups excluding carboxylic acids is 3. The van der Waals surface area contributed by atoms with Gasteiger partial charge in [0.1, 0.15) is 17.8 Å². The van der Waals surface area contributed by atoms with Crippen molar-refractivity contribution in [3.05, 3.63) is 33.8 Å². The van der Waals surface area contributed by atoms with Crippen LogP contribution < -0.4 is 16.0 Å². The number of carboxylic acids is 1. The fourth-order valence-corrected chi connectivity index (χ4v) is 2.96. The smallest absolute Gasteiger partial charge is 0.414 e. The zero-order chi connectivity index (χ0) is 22.8. The molecule has 0 spiro atoms. The summed E-state index contributed by atoms with van der Waals surface area (Å²) < 4.78 is 4.92. The van der Waals surface area contributed by atoms with E-state index >= 15 is 0 Å². The number of benzene rings is 1. The van der Waals surface area contributed by atoms with E-state index in [2.05, 4.69) is 10.6 Å². The lowest BCUT2D eigenvalue weighted by molar-refractivity contribution is -0.147. The molecule has 0 aromatic heterocycles. The van der Waals surface area contributed by atoms with Crippen LogP contribution in [0.15, 0.2) is 18.2 Å². The van der Waals surface area contributed by atoms with Gasteiger partial charge >= 0.3 is 12.1 Å². The second kappa shape index (κ2) is 12.1. The molecule has 2 atom stereocenters. The van der Waals surface area contributed by atoms with Gasteiger partial charge in [-0.05, 0) is 31.7 Å². The van der Waals surface area contributed by atoms with Gasteiger partial charge in [-0.1, -0.05) is 29.3 Å². The molecule has 0 unspecified atom stereocenters. The van der Waals surface area contributed by atoms with Gasteiger partial charge in [-0.2, -0.15) is 0 Å². The first-order chi connectivity index (χ1) is 14.0. The number of amides is 2. The van der Waals surface area contributed by atoms with Crippen molar-refractivity contribution in [3.8, 4) is 0 Å². The van der Waals surface area contributed by atoms with Gasteiger partial charge < -0.3 is 15.2 Å². The van der Waals surface area contributed by atoms with Gasteiger partial charge in [-0.3, -0.25) is 30.4 Å². The number of rotatable bonds is 9. The third kappa shape index (κ3) is 8.36. The number of nitrogens with one attached hydrogen (secondary N) is 4. The molecular formula is C18H22Cl2N4O6. The fraction of sp³-hybridized carbons (Fsp3) is 0.389. The molecule has 1 aromatic rings. The minimum absolute atomic E-state index is 0.0190. The number of guanidine groups is 1. The van der Waals surface area contributed by atoms with Crippen LogP contribution in [0.4, 0.5) is 4.79 Å². The lowest BCUT2D eigenvalue weighted by Gasteiger charge is -2.20. The number of Topliss-reactive ketones (excluding diaryl/α,β-unsaturated/α-hetero) is 1. The first-order valence-electron chi connectivity index (χ1n) is 8.73. The Balaban J connectivity index is 2.58. The molecule has 0 saturated heterocycles. The Hall–Kier alpha value is -2.69. The number of alkyl carbamates (subject to hydrolysis) is 1. The summed E-state index contributed by atoms with van der Waals surface area (Å²) in [6.07, 6.45) is -2.88. The van der Waals surface area contributed by atoms with Crippen LogP contribution in [0.25, 0.3) is 0 Å². The normalized spacial score (nSPS) is 12.4. The van der Waals surface area contributed by atoms with E-state index in [0.29, 0.717) is 5.56 Å². The van der Waals surface area contributed by atoms with Crippen LogP contribution in [0.5, 0.6) is 0 Å². The van der Waals surface area contributed by atoms with Crippen molar-refractivity contribution in [2.75, 3.05) is 13.6 Å². The standard InChI is InChI=1S/C18H22Cl2N4O6/c1-9(11(16(27)28)6-10(25)8-22-2)30-18(29)24-17(21)23-15(26)7-12-13(19)4-3-5-14(12)20/h3-5,9,11,22H,6-8H2,1-2H3,(H,27,28)(H3,21,23,24,26,29)/t9-,11+/m1/s1. The number of ketones is 1. The summed E-state index contributed by atoms with van der Waals surface area (Å²) in [4.78, 5) is 46.9. The van der Waals surface area contributed by atoms with Crippen LogP contribution in [-0.2, 0) is 25.5 Å². The summed E-state index contributed by atoms with van der Waals surface area (Å²) in [5, 5.41) is 24.1. The van der Waals surface area contributed by atoms with Crippen molar-refractivity contribution in [3.63, 3.8) is 0 Å². The van der Waals surface area contributed by atoms with Crippen LogP contribution in [0.3, 0.4) is 0 Å². The van der Waals surface area contributed by atoms with Crippen LogP contribution in [0.1, 0.15) is 18.9 Å². The molecule has 12 heteroatoms. The lowest BCUT2D eigenvalue weighted by Crippen LogP contribution is -2.45. The van der Waals surface area contributed by atoms with Crippen molar-refractivity contribution in [1.29, 1.82) is 5.41 Å². The molecule has 0 heterocycles. The Morgan fingerprint density at radius 2 is 1.77 bits per heavy atom. The van der Waals surface area contributed by atoms with E-state index in [1.54, 1.807) is 25.2 Å². The molecule has 164 valence electrons. The molecule has 1 aromatic carbocycles. The maximum absolute atomic E-state index is 12.0. The van der Waals surface area contributed by atoms with Gasteiger partial charge in [0, 0.05) is 16.5 Å². The second-order valence-corrected chi connectivity index (χ2v) is 7.07. The van der Waals surface area contributed by atoms with Crippen molar-refractivity contribution in [1.82, 2.24) is 16.0 Å². The van der Waals surface area contributed by atoms with E-state index in [0.717, 1.165) is 0 Å². The number of likely N-dealkylation sites (N-methyl/N-ethyl adjacent to an activating group) is 1. The van der Waals surface area contributed by atoms with Gasteiger partial charge in [-0.25, -0.2) is 4.79 Å². The molecule has 1 rings (SSSR count). The van der Waals surface area contributed by atoms with Crippen molar-refractivity contribution >= 4 is 52.9 Å². The van der Waals surface area contributed by atoms with E-state index in [-0.39, 0.29) is 35.2 Å². The Labute approximate surface area is 182 Å². The molecule has 5 N–H and O–H groups in total. The van der Waals surface area contributed by atoms with Gasteiger partial charge in [0.25, 0.3) is 0 Å². The predicted molar refractivity (Wildman–Crippen MR) is 110 cm³/mol. The van der Waals surface area contributed by atoms with Crippen LogP contribution in [-0.4, -0.2) is 54.5 Å². The van der Waals surface area contributed by atoms with Gasteiger partial charge in [-0.15, -0.1) is 0 Å². The van der Waals surface area contributed by atoms with E-state index in [4.69, 9.17) is 33.3 Å². The van der Waals surface area contributed by atoms with Crippen LogP contribution >= 0.6 is 23.2 Å². The molecule has 0 radical (unpaired) electrons. The topological polar surface area (TPSA) is 158 Å². The van der Waals surface area contributed by atoms with Crippen LogP contribution in [0, 0.1) is 11.3 Å². The minimum atomic E-state index is -1.31. The average molecular weight is 461 g/mol. The molecular weight excluding hydrogens is 439 g/mol. The number of hydrogen-bond acceptors (Lipinski definition) is 7. The third-order valence-electron chi connectivity index (χ3n) is 3.89. The number of aliphatic carboxylic acids is 1.